The highest BCUT2D eigenvalue weighted by molar-refractivity contribution is 5.71. The van der Waals surface area contributed by atoms with E-state index < -0.39 is 0 Å². The third kappa shape index (κ3) is 2.99. The van der Waals surface area contributed by atoms with E-state index in [1.165, 1.54) is 46.5 Å². The standard InChI is InChI=1S/C24H33N/c1-16-10-9-11-21(18(16)3)25(8)22-15-20-19(14-17(22)2)23(4,5)12-13-24(20,6)7/h9-11,14-15H,12-13H2,1-8H3. The van der Waals surface area contributed by atoms with Crippen LogP contribution in [-0.2, 0) is 10.8 Å². The minimum Gasteiger partial charge on any atom is -0.344 e. The van der Waals surface area contributed by atoms with Gasteiger partial charge in [0.1, 0.15) is 0 Å². The molecule has 0 amide bonds. The molecule has 0 fully saturated rings. The number of hydrogen-bond donors (Lipinski definition) is 0. The average molecular weight is 336 g/mol. The maximum atomic E-state index is 2.47. The lowest BCUT2D eigenvalue weighted by atomic mass is 9.63. The maximum absolute atomic E-state index is 2.47. The van der Waals surface area contributed by atoms with Crippen molar-refractivity contribution < 1.29 is 0 Å². The smallest absolute Gasteiger partial charge is 0.0441 e. The van der Waals surface area contributed by atoms with E-state index in [2.05, 4.69) is 90.7 Å². The van der Waals surface area contributed by atoms with Crippen molar-refractivity contribution >= 4 is 11.4 Å². The predicted octanol–water partition coefficient (Wildman–Crippen LogP) is 6.73. The molecule has 0 aromatic heterocycles. The molecule has 0 saturated heterocycles. The molecule has 0 saturated carbocycles. The second kappa shape index (κ2) is 5.90. The van der Waals surface area contributed by atoms with E-state index in [9.17, 15) is 0 Å². The first-order chi connectivity index (χ1) is 11.5. The van der Waals surface area contributed by atoms with Gasteiger partial charge in [-0.3, -0.25) is 0 Å². The Balaban J connectivity index is 2.17. The molecular weight excluding hydrogens is 302 g/mol. The van der Waals surface area contributed by atoms with Gasteiger partial charge in [0, 0.05) is 18.4 Å². The highest BCUT2D eigenvalue weighted by atomic mass is 15.1. The van der Waals surface area contributed by atoms with E-state index in [1.54, 1.807) is 5.56 Å². The van der Waals surface area contributed by atoms with E-state index in [0.717, 1.165) is 0 Å². The molecule has 1 heteroatoms. The summed E-state index contributed by atoms with van der Waals surface area (Å²) in [5.41, 5.74) is 10.3. The molecule has 134 valence electrons. The summed E-state index contributed by atoms with van der Waals surface area (Å²) in [6.07, 6.45) is 2.52. The number of nitrogens with zero attached hydrogens (tertiary/aromatic N) is 1. The Morgan fingerprint density at radius 2 is 1.32 bits per heavy atom. The third-order valence-electron chi connectivity index (χ3n) is 6.47. The third-order valence-corrected chi connectivity index (χ3v) is 6.47. The van der Waals surface area contributed by atoms with Crippen molar-refractivity contribution in [1.82, 2.24) is 0 Å². The summed E-state index contributed by atoms with van der Waals surface area (Å²) >= 11 is 0. The molecule has 1 aliphatic carbocycles. The van der Waals surface area contributed by atoms with Gasteiger partial charge >= 0.3 is 0 Å². The lowest BCUT2D eigenvalue weighted by Crippen LogP contribution is -2.34. The van der Waals surface area contributed by atoms with Gasteiger partial charge in [-0.2, -0.15) is 0 Å². The van der Waals surface area contributed by atoms with Crippen LogP contribution in [0.15, 0.2) is 30.3 Å². The second-order valence-corrected chi connectivity index (χ2v) is 9.23. The largest absolute Gasteiger partial charge is 0.344 e. The first-order valence-corrected chi connectivity index (χ1v) is 9.50. The van der Waals surface area contributed by atoms with E-state index in [0.29, 0.717) is 0 Å². The van der Waals surface area contributed by atoms with Gasteiger partial charge in [0.05, 0.1) is 0 Å². The van der Waals surface area contributed by atoms with Crippen LogP contribution in [0.4, 0.5) is 11.4 Å². The summed E-state index contributed by atoms with van der Waals surface area (Å²) in [4.78, 5) is 2.37. The van der Waals surface area contributed by atoms with Crippen LogP contribution in [0.1, 0.15) is 68.4 Å². The van der Waals surface area contributed by atoms with Crippen LogP contribution in [0.3, 0.4) is 0 Å². The first kappa shape index (κ1) is 18.0. The highest BCUT2D eigenvalue weighted by Gasteiger charge is 2.37. The molecule has 0 bridgehead atoms. The zero-order valence-corrected chi connectivity index (χ0v) is 17.2. The Morgan fingerprint density at radius 1 is 0.760 bits per heavy atom. The van der Waals surface area contributed by atoms with Crippen molar-refractivity contribution in [3.63, 3.8) is 0 Å². The Kier molecular flexibility index (Phi) is 4.26. The van der Waals surface area contributed by atoms with Crippen molar-refractivity contribution in [2.45, 2.75) is 72.1 Å². The van der Waals surface area contributed by atoms with Crippen LogP contribution >= 0.6 is 0 Å². The van der Waals surface area contributed by atoms with E-state index in [-0.39, 0.29) is 10.8 Å². The fraction of sp³-hybridized carbons (Fsp3) is 0.500. The molecule has 3 rings (SSSR count). The van der Waals surface area contributed by atoms with Gasteiger partial charge in [0.2, 0.25) is 0 Å². The maximum Gasteiger partial charge on any atom is 0.0441 e. The van der Waals surface area contributed by atoms with E-state index in [1.807, 2.05) is 0 Å². The minimum absolute atomic E-state index is 0.246. The number of benzene rings is 2. The summed E-state index contributed by atoms with van der Waals surface area (Å²) in [6, 6.07) is 11.5. The van der Waals surface area contributed by atoms with Gasteiger partial charge in [-0.25, -0.2) is 0 Å². The topological polar surface area (TPSA) is 3.24 Å². The predicted molar refractivity (Wildman–Crippen MR) is 110 cm³/mol. The Morgan fingerprint density at radius 3 is 1.92 bits per heavy atom. The number of hydrogen-bond acceptors (Lipinski definition) is 1. The Hall–Kier alpha value is -1.76. The molecule has 0 spiro atoms. The van der Waals surface area contributed by atoms with Crippen LogP contribution in [0.5, 0.6) is 0 Å². The second-order valence-electron chi connectivity index (χ2n) is 9.23. The van der Waals surface area contributed by atoms with Gasteiger partial charge in [-0.15, -0.1) is 0 Å². The molecular formula is C24H33N. The lowest BCUT2D eigenvalue weighted by Gasteiger charge is -2.43. The van der Waals surface area contributed by atoms with E-state index >= 15 is 0 Å². The normalized spacial score (nSPS) is 17.9. The molecule has 0 atom stereocenters. The number of fused-ring (bicyclic) bond motifs is 1. The van der Waals surface area contributed by atoms with Gasteiger partial charge in [0.25, 0.3) is 0 Å². The van der Waals surface area contributed by atoms with Crippen LogP contribution in [-0.4, -0.2) is 7.05 Å². The quantitative estimate of drug-likeness (QED) is 0.588. The summed E-state index contributed by atoms with van der Waals surface area (Å²) < 4.78 is 0. The Bertz CT molecular complexity index is 811. The molecule has 0 N–H and O–H groups in total. The van der Waals surface area contributed by atoms with Gasteiger partial charge < -0.3 is 4.90 Å². The van der Waals surface area contributed by atoms with Crippen molar-refractivity contribution in [3.8, 4) is 0 Å². The zero-order valence-electron chi connectivity index (χ0n) is 17.2. The summed E-state index contributed by atoms with van der Waals surface area (Å²) in [5.74, 6) is 0. The van der Waals surface area contributed by atoms with Crippen molar-refractivity contribution in [1.29, 1.82) is 0 Å². The average Bonchev–Trinajstić information content (AvgIpc) is 2.54. The number of anilines is 2. The molecule has 2 aromatic carbocycles. The van der Waals surface area contributed by atoms with E-state index in [4.69, 9.17) is 0 Å². The number of aryl methyl sites for hydroxylation is 2. The van der Waals surface area contributed by atoms with Crippen molar-refractivity contribution in [3.05, 3.63) is 58.1 Å². The molecule has 1 aliphatic rings. The SMILES string of the molecule is Cc1cc2c(cc1N(C)c1cccc(C)c1C)C(C)(C)CCC2(C)C. The monoisotopic (exact) mass is 335 g/mol. The van der Waals surface area contributed by atoms with Crippen molar-refractivity contribution in [2.24, 2.45) is 0 Å². The summed E-state index contributed by atoms with van der Waals surface area (Å²) in [5, 5.41) is 0. The summed E-state index contributed by atoms with van der Waals surface area (Å²) in [6.45, 7) is 16.3. The molecule has 25 heavy (non-hydrogen) atoms. The van der Waals surface area contributed by atoms with Crippen molar-refractivity contribution in [2.75, 3.05) is 11.9 Å². The molecule has 0 unspecified atom stereocenters. The molecule has 2 aromatic rings. The fourth-order valence-corrected chi connectivity index (χ4v) is 4.30. The fourth-order valence-electron chi connectivity index (χ4n) is 4.30. The van der Waals surface area contributed by atoms with Crippen LogP contribution in [0.2, 0.25) is 0 Å². The van der Waals surface area contributed by atoms with Crippen LogP contribution in [0, 0.1) is 20.8 Å². The van der Waals surface area contributed by atoms with Crippen LogP contribution < -0.4 is 4.90 Å². The molecule has 1 nitrogen and oxygen atoms in total. The van der Waals surface area contributed by atoms with Gasteiger partial charge in [-0.05, 0) is 84.4 Å². The minimum atomic E-state index is 0.246. The highest BCUT2D eigenvalue weighted by Crippen LogP contribution is 2.48. The van der Waals surface area contributed by atoms with Gasteiger partial charge in [0.15, 0.2) is 0 Å². The first-order valence-electron chi connectivity index (χ1n) is 9.50. The number of rotatable bonds is 2. The lowest BCUT2D eigenvalue weighted by molar-refractivity contribution is 0.332. The Labute approximate surface area is 154 Å². The summed E-state index contributed by atoms with van der Waals surface area (Å²) in [7, 11) is 2.21. The molecule has 0 heterocycles. The zero-order chi connectivity index (χ0) is 18.6. The van der Waals surface area contributed by atoms with Gasteiger partial charge in [-0.1, -0.05) is 45.9 Å². The molecule has 0 aliphatic heterocycles. The molecule has 0 radical (unpaired) electrons. The van der Waals surface area contributed by atoms with Crippen LogP contribution in [0.25, 0.3) is 0 Å².